The fraction of sp³-hybridized carbons (Fsp3) is 1.00. The topological polar surface area (TPSA) is 41.6 Å². The molecule has 1 rings (SSSR count). The quantitative estimate of drug-likeness (QED) is 0.611. The minimum Gasteiger partial charge on any atom is -0.306 e. The van der Waals surface area contributed by atoms with Gasteiger partial charge in [0, 0.05) is 42.2 Å². The van der Waals surface area contributed by atoms with E-state index < -0.39 is 51.9 Å². The molecule has 0 aromatic carbocycles. The number of rotatable bonds is 5. The van der Waals surface area contributed by atoms with Gasteiger partial charge < -0.3 is 4.52 Å². The lowest BCUT2D eigenvalue weighted by Crippen LogP contribution is -2.35. The number of alkyl halides is 2. The average molecular weight is 269 g/mol. The lowest BCUT2D eigenvalue weighted by molar-refractivity contribution is 0.233. The van der Waals surface area contributed by atoms with Gasteiger partial charge in [0.25, 0.3) is 0 Å². The van der Waals surface area contributed by atoms with E-state index in [2.05, 4.69) is 0 Å². The molecule has 1 N–H and O–H groups in total. The van der Waals surface area contributed by atoms with Crippen molar-refractivity contribution in [3.05, 3.63) is 0 Å². The fourth-order valence-corrected chi connectivity index (χ4v) is 2.52. The Morgan fingerprint density at radius 1 is 1.71 bits per heavy atom. The van der Waals surface area contributed by atoms with Crippen molar-refractivity contribution in [3.8, 4) is 0 Å². The van der Waals surface area contributed by atoms with Gasteiger partial charge in [-0.3, -0.25) is 4.57 Å². The van der Waals surface area contributed by atoms with Crippen LogP contribution in [-0.4, -0.2) is 42.5 Å². The van der Waals surface area contributed by atoms with E-state index >= 15 is 0 Å². The number of halogens is 2. The van der Waals surface area contributed by atoms with Crippen molar-refractivity contribution >= 4 is 30.9 Å². The molecular weight excluding hydrogens is 246 g/mol. The number of hydrogen-bond donors (Lipinski definition) is 1. The second-order valence-electron chi connectivity index (χ2n) is 2.19. The molecule has 4 nitrogen and oxygen atoms in total. The summed E-state index contributed by atoms with van der Waals surface area (Å²) in [5.74, 6) is -3.21. The molecule has 1 atom stereocenters. The largest absolute Gasteiger partial charge is 0.343 e. The van der Waals surface area contributed by atoms with Gasteiger partial charge in [-0.25, -0.2) is 9.76 Å². The van der Waals surface area contributed by atoms with Crippen LogP contribution in [0, 0.1) is 0 Å². The van der Waals surface area contributed by atoms with Crippen LogP contribution in [0.4, 0.5) is 0 Å². The Kier molecular flexibility index (Phi) is 2.41. The molecule has 0 aliphatic carbocycles. The zero-order valence-corrected chi connectivity index (χ0v) is 9.49. The Morgan fingerprint density at radius 3 is 3.07 bits per heavy atom. The highest BCUT2D eigenvalue weighted by Gasteiger charge is 2.32. The zero-order valence-electron chi connectivity index (χ0n) is 15.1. The van der Waals surface area contributed by atoms with E-state index in [-0.39, 0.29) is 0 Å². The van der Waals surface area contributed by atoms with Crippen LogP contribution in [0.1, 0.15) is 17.3 Å². The molecular formula is C7H15Cl2N2O2P. The van der Waals surface area contributed by atoms with E-state index in [1.54, 1.807) is 0 Å². The average Bonchev–Trinajstić information content (AvgIpc) is 2.30. The first-order chi connectivity index (χ1) is 9.56. The summed E-state index contributed by atoms with van der Waals surface area (Å²) < 4.78 is 78.2. The third-order valence-corrected chi connectivity index (χ3v) is 3.40. The van der Waals surface area contributed by atoms with Crippen molar-refractivity contribution < 1.29 is 20.1 Å². The molecule has 0 aromatic rings. The molecule has 1 fully saturated rings. The van der Waals surface area contributed by atoms with Gasteiger partial charge in [0.2, 0.25) is 0 Å². The maximum Gasteiger partial charge on any atom is 0.343 e. The Labute approximate surface area is 106 Å². The van der Waals surface area contributed by atoms with Crippen molar-refractivity contribution in [2.75, 3.05) is 37.9 Å². The Morgan fingerprint density at radius 2 is 2.50 bits per heavy atom. The van der Waals surface area contributed by atoms with Gasteiger partial charge in [-0.15, -0.1) is 23.2 Å². The SMILES string of the molecule is [2H]C([2H])(Cl)CN(C([2H])([2H])CCl)P1(=O)NC([2H])([2H])C([2H])([2H])CO1. The van der Waals surface area contributed by atoms with E-state index in [0.29, 0.717) is 4.67 Å². The van der Waals surface area contributed by atoms with Crippen LogP contribution in [0.15, 0.2) is 0 Å². The number of nitrogens with zero attached hydrogens (tertiary/aromatic N) is 1. The fourth-order valence-electron chi connectivity index (χ4n) is 0.796. The molecule has 1 saturated heterocycles. The van der Waals surface area contributed by atoms with Gasteiger partial charge in [-0.2, -0.15) is 0 Å². The summed E-state index contributed by atoms with van der Waals surface area (Å²) in [6.45, 7) is -7.16. The van der Waals surface area contributed by atoms with Gasteiger partial charge in [0.15, 0.2) is 0 Å². The highest BCUT2D eigenvalue weighted by molar-refractivity contribution is 7.54. The molecule has 1 heterocycles. The summed E-state index contributed by atoms with van der Waals surface area (Å²) in [6.07, 6.45) is -2.51. The van der Waals surface area contributed by atoms with Gasteiger partial charge in [-0.1, -0.05) is 0 Å². The Hall–Kier alpha value is 0.690. The van der Waals surface area contributed by atoms with E-state index in [1.807, 2.05) is 5.09 Å². The monoisotopic (exact) mass is 268 g/mol. The van der Waals surface area contributed by atoms with Gasteiger partial charge >= 0.3 is 7.67 Å². The first-order valence-corrected chi connectivity index (χ1v) is 6.12. The van der Waals surface area contributed by atoms with Crippen molar-refractivity contribution in [1.29, 1.82) is 0 Å². The Bertz CT molecular complexity index is 474. The summed E-state index contributed by atoms with van der Waals surface area (Å²) in [4.78, 5) is 0. The second-order valence-corrected chi connectivity index (χ2v) is 4.73. The molecule has 0 amide bonds. The third kappa shape index (κ3) is 3.37. The van der Waals surface area contributed by atoms with Crippen molar-refractivity contribution in [3.63, 3.8) is 0 Å². The number of nitrogens with one attached hydrogen (secondary N) is 1. The summed E-state index contributed by atoms with van der Waals surface area (Å²) in [5, 5.41) is 1.82. The molecule has 1 unspecified atom stereocenters. The smallest absolute Gasteiger partial charge is 0.306 e. The normalized spacial score (nSPS) is 45.9. The summed E-state index contributed by atoms with van der Waals surface area (Å²) >= 11 is 10.9. The van der Waals surface area contributed by atoms with Gasteiger partial charge in [-0.05, 0) is 6.37 Å². The molecule has 0 saturated carbocycles. The minimum atomic E-state index is -4.48. The molecule has 1 aliphatic rings. The molecule has 0 spiro atoms. The maximum absolute atomic E-state index is 12.8. The second kappa shape index (κ2) is 6.31. The van der Waals surface area contributed by atoms with E-state index in [9.17, 15) is 4.57 Å². The molecule has 1 aliphatic heterocycles. The predicted molar refractivity (Wildman–Crippen MR) is 59.2 cm³/mol. The van der Waals surface area contributed by atoms with Crippen molar-refractivity contribution in [2.45, 2.75) is 6.37 Å². The highest BCUT2D eigenvalue weighted by Crippen LogP contribution is 2.47. The maximum atomic E-state index is 12.8. The van der Waals surface area contributed by atoms with Crippen LogP contribution in [-0.2, 0) is 9.09 Å². The summed E-state index contributed by atoms with van der Waals surface area (Å²) in [5.41, 5.74) is 0. The van der Waals surface area contributed by atoms with Crippen molar-refractivity contribution in [1.82, 2.24) is 9.76 Å². The Balaban J connectivity index is 3.22. The van der Waals surface area contributed by atoms with Gasteiger partial charge in [0.1, 0.15) is 0 Å². The van der Waals surface area contributed by atoms with E-state index in [0.717, 1.165) is 0 Å². The molecule has 0 radical (unpaired) electrons. The van der Waals surface area contributed by atoms with Crippen molar-refractivity contribution in [2.24, 2.45) is 0 Å². The molecule has 7 heteroatoms. The lowest BCUT2D eigenvalue weighted by atomic mass is 10.5. The summed E-state index contributed by atoms with van der Waals surface area (Å²) in [6, 6.07) is 0. The van der Waals surface area contributed by atoms with Crippen LogP contribution in [0.5, 0.6) is 0 Å². The zero-order chi connectivity index (χ0) is 17.6. The van der Waals surface area contributed by atoms with Crippen LogP contribution in [0.25, 0.3) is 0 Å². The summed E-state index contributed by atoms with van der Waals surface area (Å²) in [7, 11) is -4.48. The van der Waals surface area contributed by atoms with Crippen LogP contribution < -0.4 is 5.09 Å². The standard InChI is InChI=1S/C7H15Cl2N2O2P/c8-2-5-11(6-3-9)14(12)10-4-1-7-13-14/h1-7H2,(H,10,12)/i1D2,2D2,4D2,6D2. The third-order valence-electron chi connectivity index (χ3n) is 1.37. The first kappa shape index (κ1) is 5.35. The number of hydrogen-bond acceptors (Lipinski definition) is 2. The predicted octanol–water partition coefficient (Wildman–Crippen LogP) is 1.88. The molecule has 0 aromatic heterocycles. The van der Waals surface area contributed by atoms with Crippen LogP contribution >= 0.6 is 30.9 Å². The van der Waals surface area contributed by atoms with Crippen LogP contribution in [0.3, 0.4) is 0 Å². The van der Waals surface area contributed by atoms with E-state index in [1.165, 1.54) is 0 Å². The minimum absolute atomic E-state index is 0.368. The molecule has 14 heavy (non-hydrogen) atoms. The first-order valence-electron chi connectivity index (χ1n) is 7.63. The van der Waals surface area contributed by atoms with E-state index in [4.69, 9.17) is 38.7 Å². The van der Waals surface area contributed by atoms with Gasteiger partial charge in [0.05, 0.1) is 6.61 Å². The molecule has 84 valence electrons. The van der Waals surface area contributed by atoms with Crippen LogP contribution in [0.2, 0.25) is 0 Å². The molecule has 0 bridgehead atoms. The lowest BCUT2D eigenvalue weighted by Gasteiger charge is -2.33. The highest BCUT2D eigenvalue weighted by atomic mass is 35.5.